The van der Waals surface area contributed by atoms with Gasteiger partial charge in [-0.3, -0.25) is 0 Å². The third kappa shape index (κ3) is 5.31. The van der Waals surface area contributed by atoms with Crippen molar-refractivity contribution in [1.29, 1.82) is 0 Å². The van der Waals surface area contributed by atoms with Gasteiger partial charge in [-0.1, -0.05) is 6.42 Å². The Morgan fingerprint density at radius 3 is 2.52 bits per heavy atom. The summed E-state index contributed by atoms with van der Waals surface area (Å²) in [5.74, 6) is -0.0546. The van der Waals surface area contributed by atoms with Gasteiger partial charge in [-0.15, -0.1) is 0 Å². The Labute approximate surface area is 173 Å². The van der Waals surface area contributed by atoms with Gasteiger partial charge in [0.15, 0.2) is 0 Å². The van der Waals surface area contributed by atoms with Gasteiger partial charge in [-0.25, -0.2) is 0 Å². The highest BCUT2D eigenvalue weighted by molar-refractivity contribution is 7.86. The highest BCUT2D eigenvalue weighted by Gasteiger charge is 2.50. The molecule has 3 aliphatic rings. The third-order valence-corrected chi connectivity index (χ3v) is 8.48. The quantitative estimate of drug-likeness (QED) is 0.332. The molecule has 6 N–H and O–H groups in total. The Kier molecular flexibility index (Phi) is 7.61. The van der Waals surface area contributed by atoms with Crippen LogP contribution >= 0.6 is 0 Å². The van der Waals surface area contributed by atoms with Gasteiger partial charge in [-0.05, 0) is 38.4 Å². The van der Waals surface area contributed by atoms with E-state index in [1.54, 1.807) is 4.31 Å². The molecule has 3 fully saturated rings. The summed E-state index contributed by atoms with van der Waals surface area (Å²) in [6.07, 6.45) is 2.73. The van der Waals surface area contributed by atoms with Crippen molar-refractivity contribution < 1.29 is 27.9 Å². The summed E-state index contributed by atoms with van der Waals surface area (Å²) >= 11 is 0. The second-order valence-corrected chi connectivity index (χ2v) is 10.7. The van der Waals surface area contributed by atoms with Crippen LogP contribution < -0.4 is 11.5 Å². The Hall–Kier alpha value is -0.305. The summed E-state index contributed by atoms with van der Waals surface area (Å²) in [6.45, 7) is 4.11. The van der Waals surface area contributed by atoms with Crippen LogP contribution in [0.15, 0.2) is 0 Å². The van der Waals surface area contributed by atoms with Crippen molar-refractivity contribution in [3.63, 3.8) is 0 Å². The molecule has 3 saturated heterocycles. The molecule has 10 nitrogen and oxygen atoms in total. The molecule has 0 spiro atoms. The SMILES string of the molecule is C[C@]1(N)CN(S(=O)(=O)N(C2CCOCC2)C2COCC2N)C[C@@H]1CCCB(O)O. The van der Waals surface area contributed by atoms with Crippen LogP contribution in [0.2, 0.25) is 6.32 Å². The molecule has 3 aliphatic heterocycles. The molecule has 0 aromatic carbocycles. The summed E-state index contributed by atoms with van der Waals surface area (Å²) in [5.41, 5.74) is 12.0. The number of hydrogen-bond acceptors (Lipinski definition) is 8. The van der Waals surface area contributed by atoms with E-state index in [0.29, 0.717) is 58.7 Å². The first-order chi connectivity index (χ1) is 13.6. The van der Waals surface area contributed by atoms with Gasteiger partial charge in [-0.2, -0.15) is 17.0 Å². The molecule has 168 valence electrons. The van der Waals surface area contributed by atoms with E-state index in [4.69, 9.17) is 31.0 Å². The van der Waals surface area contributed by atoms with Crippen molar-refractivity contribution >= 4 is 17.3 Å². The van der Waals surface area contributed by atoms with Gasteiger partial charge in [0.1, 0.15) is 0 Å². The maximum absolute atomic E-state index is 13.7. The van der Waals surface area contributed by atoms with Crippen molar-refractivity contribution in [2.45, 2.75) is 62.6 Å². The van der Waals surface area contributed by atoms with E-state index >= 15 is 0 Å². The Balaban J connectivity index is 1.78. The van der Waals surface area contributed by atoms with Crippen LogP contribution in [0.1, 0.15) is 32.6 Å². The predicted octanol–water partition coefficient (Wildman–Crippen LogP) is -1.66. The maximum atomic E-state index is 13.7. The molecule has 0 amide bonds. The molecule has 0 aromatic heterocycles. The van der Waals surface area contributed by atoms with Crippen LogP contribution in [-0.4, -0.2) is 97.4 Å². The first kappa shape index (κ1) is 23.4. The standard InChI is InChI=1S/C17H35BN4O6S/c1-17(20)12-21(9-13(17)3-2-6-18(23)24)29(25,26)22(14-4-7-27-8-5-14)16-11-28-10-15(16)19/h13-16,23-24H,2-12,19-20H2,1H3/t13-,15?,16?,17-/m0/s1. The zero-order valence-electron chi connectivity index (χ0n) is 17.1. The van der Waals surface area contributed by atoms with Crippen LogP contribution in [0.4, 0.5) is 0 Å². The molecule has 12 heteroatoms. The van der Waals surface area contributed by atoms with E-state index in [-0.39, 0.29) is 30.9 Å². The van der Waals surface area contributed by atoms with Gasteiger partial charge >= 0.3 is 7.12 Å². The molecule has 0 aromatic rings. The minimum Gasteiger partial charge on any atom is -0.427 e. The molecule has 2 unspecified atom stereocenters. The normalized spacial score (nSPS) is 34.9. The number of ether oxygens (including phenoxy) is 2. The number of nitrogens with two attached hydrogens (primary N) is 2. The summed E-state index contributed by atoms with van der Waals surface area (Å²) in [6, 6.07) is -0.920. The van der Waals surface area contributed by atoms with Crippen LogP contribution in [-0.2, 0) is 19.7 Å². The van der Waals surface area contributed by atoms with Gasteiger partial charge in [0.05, 0.1) is 19.3 Å². The zero-order valence-corrected chi connectivity index (χ0v) is 18.0. The van der Waals surface area contributed by atoms with Gasteiger partial charge in [0.25, 0.3) is 10.2 Å². The minimum atomic E-state index is -3.79. The van der Waals surface area contributed by atoms with Gasteiger partial charge in [0.2, 0.25) is 0 Å². The number of rotatable bonds is 8. The number of nitrogens with zero attached hydrogens (tertiary/aromatic N) is 2. The van der Waals surface area contributed by atoms with Gasteiger partial charge in [0, 0.05) is 43.9 Å². The fraction of sp³-hybridized carbons (Fsp3) is 1.00. The Morgan fingerprint density at radius 1 is 1.24 bits per heavy atom. The van der Waals surface area contributed by atoms with Crippen LogP contribution in [0.25, 0.3) is 0 Å². The molecule has 0 bridgehead atoms. The van der Waals surface area contributed by atoms with Crippen molar-refractivity contribution in [2.75, 3.05) is 39.5 Å². The average molecular weight is 434 g/mol. The molecular formula is C17H35BN4O6S. The molecule has 3 rings (SSSR count). The lowest BCUT2D eigenvalue weighted by Crippen LogP contribution is -2.59. The summed E-state index contributed by atoms with van der Waals surface area (Å²) < 4.78 is 41.5. The van der Waals surface area contributed by atoms with Crippen molar-refractivity contribution in [2.24, 2.45) is 17.4 Å². The topological polar surface area (TPSA) is 152 Å². The summed E-state index contributed by atoms with van der Waals surface area (Å²) in [4.78, 5) is 0. The van der Waals surface area contributed by atoms with E-state index < -0.39 is 28.9 Å². The molecule has 29 heavy (non-hydrogen) atoms. The first-order valence-corrected chi connectivity index (χ1v) is 11.9. The molecular weight excluding hydrogens is 399 g/mol. The van der Waals surface area contributed by atoms with E-state index in [0.717, 1.165) is 0 Å². The highest BCUT2D eigenvalue weighted by Crippen LogP contribution is 2.35. The largest absolute Gasteiger partial charge is 0.451 e. The Morgan fingerprint density at radius 2 is 1.93 bits per heavy atom. The van der Waals surface area contributed by atoms with Crippen LogP contribution in [0.3, 0.4) is 0 Å². The number of hydrogen-bond donors (Lipinski definition) is 4. The van der Waals surface area contributed by atoms with E-state index in [2.05, 4.69) is 0 Å². The fourth-order valence-electron chi connectivity index (χ4n) is 4.70. The summed E-state index contributed by atoms with van der Waals surface area (Å²) in [5, 5.41) is 18.2. The second-order valence-electron chi connectivity index (χ2n) is 8.86. The average Bonchev–Trinajstić information content (AvgIpc) is 3.19. The van der Waals surface area contributed by atoms with Crippen molar-refractivity contribution in [3.05, 3.63) is 0 Å². The monoisotopic (exact) mass is 434 g/mol. The van der Waals surface area contributed by atoms with Crippen LogP contribution in [0.5, 0.6) is 0 Å². The predicted molar refractivity (Wildman–Crippen MR) is 109 cm³/mol. The first-order valence-electron chi connectivity index (χ1n) is 10.5. The smallest absolute Gasteiger partial charge is 0.427 e. The molecule has 4 atom stereocenters. The third-order valence-electron chi connectivity index (χ3n) is 6.45. The van der Waals surface area contributed by atoms with E-state index in [1.807, 2.05) is 6.92 Å². The minimum absolute atomic E-state index is 0.0546. The van der Waals surface area contributed by atoms with E-state index in [9.17, 15) is 8.42 Å². The molecule has 3 heterocycles. The van der Waals surface area contributed by atoms with Crippen molar-refractivity contribution in [1.82, 2.24) is 8.61 Å². The lowest BCUT2D eigenvalue weighted by molar-refractivity contribution is 0.0444. The maximum Gasteiger partial charge on any atom is 0.451 e. The van der Waals surface area contributed by atoms with Gasteiger partial charge < -0.3 is 31.0 Å². The zero-order chi connectivity index (χ0) is 21.2. The second kappa shape index (κ2) is 9.45. The van der Waals surface area contributed by atoms with Crippen LogP contribution in [0, 0.1) is 5.92 Å². The lowest BCUT2D eigenvalue weighted by Gasteiger charge is -2.40. The van der Waals surface area contributed by atoms with E-state index in [1.165, 1.54) is 4.31 Å². The molecule has 0 saturated carbocycles. The molecule has 0 radical (unpaired) electrons. The fourth-order valence-corrected chi connectivity index (χ4v) is 6.92. The Bertz CT molecular complexity index is 646. The molecule has 0 aliphatic carbocycles. The lowest BCUT2D eigenvalue weighted by atomic mass is 9.79. The van der Waals surface area contributed by atoms with Crippen molar-refractivity contribution in [3.8, 4) is 0 Å². The highest BCUT2D eigenvalue weighted by atomic mass is 32.2. The summed E-state index contributed by atoms with van der Waals surface area (Å²) in [7, 11) is -5.14.